The molecular formula is C15H17N3O. The topological polar surface area (TPSA) is 50.0 Å². The summed E-state index contributed by atoms with van der Waals surface area (Å²) < 4.78 is 7.20. The fraction of sp³-hybridized carbons (Fsp3) is 0.400. The number of aromatic nitrogens is 1. The molecule has 0 bridgehead atoms. The highest BCUT2D eigenvalue weighted by Crippen LogP contribution is 2.29. The van der Waals surface area contributed by atoms with Crippen LogP contribution in [-0.2, 0) is 13.6 Å². The number of nitrogens with zero attached hydrogens (tertiary/aromatic N) is 2. The highest BCUT2D eigenvalue weighted by Gasteiger charge is 2.22. The van der Waals surface area contributed by atoms with Gasteiger partial charge in [0.2, 0.25) is 0 Å². The second-order valence-electron chi connectivity index (χ2n) is 5.04. The zero-order valence-electron chi connectivity index (χ0n) is 11.2. The summed E-state index contributed by atoms with van der Waals surface area (Å²) in [6.07, 6.45) is 2.50. The zero-order valence-corrected chi connectivity index (χ0v) is 11.2. The summed E-state index contributed by atoms with van der Waals surface area (Å²) in [6.45, 7) is 0.761. The first kappa shape index (κ1) is 12.1. The van der Waals surface area contributed by atoms with E-state index in [1.54, 1.807) is 7.11 Å². The lowest BCUT2D eigenvalue weighted by molar-refractivity contribution is 0.415. The third-order valence-electron chi connectivity index (χ3n) is 3.76. The number of ether oxygens (including phenoxy) is 1. The van der Waals surface area contributed by atoms with Crippen molar-refractivity contribution in [2.24, 2.45) is 7.05 Å². The summed E-state index contributed by atoms with van der Waals surface area (Å²) in [4.78, 5) is 0. The summed E-state index contributed by atoms with van der Waals surface area (Å²) in [5.74, 6) is 0.819. The minimum Gasteiger partial charge on any atom is -0.497 e. The molecule has 4 nitrogen and oxygen atoms in total. The number of aryl methyl sites for hydroxylation is 1. The molecule has 0 aliphatic heterocycles. The molecule has 0 spiro atoms. The Morgan fingerprint density at radius 2 is 2.26 bits per heavy atom. The number of methoxy groups -OCH3 is 1. The van der Waals surface area contributed by atoms with E-state index in [1.807, 2.05) is 29.8 Å². The van der Waals surface area contributed by atoms with Gasteiger partial charge < -0.3 is 14.6 Å². The lowest BCUT2D eigenvalue weighted by Gasteiger charge is -2.03. The van der Waals surface area contributed by atoms with Crippen LogP contribution in [0.25, 0.3) is 10.9 Å². The normalized spacial score (nSPS) is 14.6. The molecule has 1 fully saturated rings. The van der Waals surface area contributed by atoms with Crippen LogP contribution in [0.4, 0.5) is 0 Å². The van der Waals surface area contributed by atoms with E-state index in [0.717, 1.165) is 34.5 Å². The first-order valence-corrected chi connectivity index (χ1v) is 6.53. The van der Waals surface area contributed by atoms with E-state index in [1.165, 1.54) is 12.8 Å². The Hall–Kier alpha value is -1.99. The molecule has 1 aromatic carbocycles. The van der Waals surface area contributed by atoms with Crippen molar-refractivity contribution in [3.8, 4) is 11.8 Å². The summed E-state index contributed by atoms with van der Waals surface area (Å²) in [5, 5.41) is 14.0. The Labute approximate surface area is 112 Å². The van der Waals surface area contributed by atoms with Gasteiger partial charge >= 0.3 is 0 Å². The first-order valence-electron chi connectivity index (χ1n) is 6.53. The fourth-order valence-corrected chi connectivity index (χ4v) is 2.48. The lowest BCUT2D eigenvalue weighted by Crippen LogP contribution is -2.16. The van der Waals surface area contributed by atoms with Gasteiger partial charge in [-0.25, -0.2) is 0 Å². The molecule has 0 saturated heterocycles. The fourth-order valence-electron chi connectivity index (χ4n) is 2.48. The van der Waals surface area contributed by atoms with Crippen molar-refractivity contribution < 1.29 is 4.74 Å². The third kappa shape index (κ3) is 2.06. The second kappa shape index (κ2) is 4.60. The van der Waals surface area contributed by atoms with E-state index in [2.05, 4.69) is 11.4 Å². The summed E-state index contributed by atoms with van der Waals surface area (Å²) >= 11 is 0. The standard InChI is InChI=1S/C15H17N3O/c1-18-14-7-11(19-2)5-6-12(14)13(15(18)8-16)9-17-10-3-4-10/h5-7,10,17H,3-4,9H2,1-2H3. The van der Waals surface area contributed by atoms with Crippen LogP contribution in [-0.4, -0.2) is 17.7 Å². The molecule has 19 heavy (non-hydrogen) atoms. The van der Waals surface area contributed by atoms with Crippen molar-refractivity contribution in [3.63, 3.8) is 0 Å². The molecule has 1 aromatic heterocycles. The Morgan fingerprint density at radius 3 is 2.89 bits per heavy atom. The lowest BCUT2D eigenvalue weighted by atomic mass is 10.1. The van der Waals surface area contributed by atoms with Gasteiger partial charge in [0.25, 0.3) is 0 Å². The van der Waals surface area contributed by atoms with Crippen LogP contribution in [0.2, 0.25) is 0 Å². The van der Waals surface area contributed by atoms with E-state index in [9.17, 15) is 5.26 Å². The van der Waals surface area contributed by atoms with Crippen LogP contribution in [0.1, 0.15) is 24.1 Å². The van der Waals surface area contributed by atoms with Crippen molar-refractivity contribution in [2.75, 3.05) is 7.11 Å². The quantitative estimate of drug-likeness (QED) is 0.912. The van der Waals surface area contributed by atoms with Crippen molar-refractivity contribution in [1.29, 1.82) is 5.26 Å². The minimum atomic E-state index is 0.639. The van der Waals surface area contributed by atoms with Crippen LogP contribution in [0.15, 0.2) is 18.2 Å². The molecule has 1 aliphatic carbocycles. The summed E-state index contributed by atoms with van der Waals surface area (Å²) in [6, 6.07) is 8.93. The van der Waals surface area contributed by atoms with Crippen molar-refractivity contribution in [3.05, 3.63) is 29.5 Å². The molecule has 1 aliphatic rings. The van der Waals surface area contributed by atoms with E-state index in [4.69, 9.17) is 4.74 Å². The predicted molar refractivity (Wildman–Crippen MR) is 74.0 cm³/mol. The van der Waals surface area contributed by atoms with Gasteiger partial charge in [0.1, 0.15) is 17.5 Å². The van der Waals surface area contributed by atoms with E-state index in [-0.39, 0.29) is 0 Å². The van der Waals surface area contributed by atoms with Gasteiger partial charge in [-0.1, -0.05) is 0 Å². The molecule has 2 aromatic rings. The molecule has 4 heteroatoms. The highest BCUT2D eigenvalue weighted by molar-refractivity contribution is 5.87. The van der Waals surface area contributed by atoms with Crippen molar-refractivity contribution >= 4 is 10.9 Å². The van der Waals surface area contributed by atoms with E-state index in [0.29, 0.717) is 6.04 Å². The molecule has 0 amide bonds. The van der Waals surface area contributed by atoms with Gasteiger partial charge in [-0.15, -0.1) is 0 Å². The minimum absolute atomic E-state index is 0.639. The smallest absolute Gasteiger partial charge is 0.125 e. The van der Waals surface area contributed by atoms with Crippen LogP contribution in [0.3, 0.4) is 0 Å². The maximum absolute atomic E-state index is 9.38. The highest BCUT2D eigenvalue weighted by atomic mass is 16.5. The Balaban J connectivity index is 2.09. The largest absolute Gasteiger partial charge is 0.497 e. The molecule has 98 valence electrons. The molecule has 3 rings (SSSR count). The SMILES string of the molecule is COc1ccc2c(CNC3CC3)c(C#N)n(C)c2c1. The van der Waals surface area contributed by atoms with Gasteiger partial charge in [0.05, 0.1) is 12.6 Å². The van der Waals surface area contributed by atoms with Gasteiger partial charge in [0.15, 0.2) is 0 Å². The number of benzene rings is 1. The van der Waals surface area contributed by atoms with E-state index >= 15 is 0 Å². The Morgan fingerprint density at radius 1 is 1.47 bits per heavy atom. The number of hydrogen-bond acceptors (Lipinski definition) is 3. The molecule has 0 radical (unpaired) electrons. The van der Waals surface area contributed by atoms with Gasteiger partial charge in [0, 0.05) is 36.7 Å². The van der Waals surface area contributed by atoms with Gasteiger partial charge in [-0.3, -0.25) is 0 Å². The van der Waals surface area contributed by atoms with Gasteiger partial charge in [-0.05, 0) is 25.0 Å². The number of hydrogen-bond donors (Lipinski definition) is 1. The third-order valence-corrected chi connectivity index (χ3v) is 3.76. The Bertz CT molecular complexity index is 662. The molecule has 0 atom stereocenters. The number of nitriles is 1. The number of rotatable bonds is 4. The van der Waals surface area contributed by atoms with Gasteiger partial charge in [-0.2, -0.15) is 5.26 Å². The molecule has 1 saturated carbocycles. The molecule has 1 heterocycles. The number of nitrogens with one attached hydrogen (secondary N) is 1. The second-order valence-corrected chi connectivity index (χ2v) is 5.04. The Kier molecular flexibility index (Phi) is 2.92. The number of fused-ring (bicyclic) bond motifs is 1. The molecule has 1 N–H and O–H groups in total. The summed E-state index contributed by atoms with van der Waals surface area (Å²) in [5.41, 5.74) is 2.87. The van der Waals surface area contributed by atoms with Crippen LogP contribution < -0.4 is 10.1 Å². The van der Waals surface area contributed by atoms with Crippen LogP contribution in [0, 0.1) is 11.3 Å². The maximum Gasteiger partial charge on any atom is 0.125 e. The maximum atomic E-state index is 9.38. The monoisotopic (exact) mass is 255 g/mol. The molecular weight excluding hydrogens is 238 g/mol. The summed E-state index contributed by atoms with van der Waals surface area (Å²) in [7, 11) is 3.59. The average molecular weight is 255 g/mol. The predicted octanol–water partition coefficient (Wildman–Crippen LogP) is 2.31. The zero-order chi connectivity index (χ0) is 13.4. The first-order chi connectivity index (χ1) is 9.24. The molecule has 0 unspecified atom stereocenters. The van der Waals surface area contributed by atoms with Crippen molar-refractivity contribution in [2.45, 2.75) is 25.4 Å². The van der Waals surface area contributed by atoms with E-state index < -0.39 is 0 Å². The van der Waals surface area contributed by atoms with Crippen molar-refractivity contribution in [1.82, 2.24) is 9.88 Å². The average Bonchev–Trinajstić information content (AvgIpc) is 3.22. The van der Waals surface area contributed by atoms with Crippen LogP contribution in [0.5, 0.6) is 5.75 Å². The van der Waals surface area contributed by atoms with Crippen LogP contribution >= 0.6 is 0 Å².